The average Bonchev–Trinajstić information content (AvgIpc) is 3.51. The van der Waals surface area contributed by atoms with Crippen LogP contribution < -0.4 is 16.0 Å². The topological polar surface area (TPSA) is 94.4 Å². The molecule has 2 heterocycles. The molecule has 1 amide bonds. The minimum atomic E-state index is -0.138. The van der Waals surface area contributed by atoms with Gasteiger partial charge in [-0.2, -0.15) is 0 Å². The first-order valence-corrected chi connectivity index (χ1v) is 11.2. The molecule has 33 heavy (non-hydrogen) atoms. The van der Waals surface area contributed by atoms with E-state index in [4.69, 9.17) is 9.41 Å². The molecule has 7 heteroatoms. The molecule has 170 valence electrons. The van der Waals surface area contributed by atoms with E-state index in [1.54, 1.807) is 18.4 Å². The zero-order valence-corrected chi connectivity index (χ0v) is 18.7. The monoisotopic (exact) mass is 443 g/mol. The lowest BCUT2D eigenvalue weighted by Gasteiger charge is -2.11. The number of aromatic amines is 1. The maximum absolute atomic E-state index is 12.5. The molecule has 0 aliphatic heterocycles. The van der Waals surface area contributed by atoms with Crippen LogP contribution in [0.15, 0.2) is 82.5 Å². The Labute approximate surface area is 193 Å². The van der Waals surface area contributed by atoms with Gasteiger partial charge < -0.3 is 25.4 Å². The van der Waals surface area contributed by atoms with Crippen LogP contribution >= 0.6 is 0 Å². The van der Waals surface area contributed by atoms with Crippen LogP contribution in [0.5, 0.6) is 0 Å². The van der Waals surface area contributed by atoms with Crippen molar-refractivity contribution < 1.29 is 9.21 Å². The summed E-state index contributed by atoms with van der Waals surface area (Å²) in [5.41, 5.74) is 4.00. The summed E-state index contributed by atoms with van der Waals surface area (Å²) < 4.78 is 5.26. The normalized spacial score (nSPS) is 11.5. The third-order valence-corrected chi connectivity index (χ3v) is 5.32. The van der Waals surface area contributed by atoms with Gasteiger partial charge >= 0.3 is 0 Å². The highest BCUT2D eigenvalue weighted by atomic mass is 16.3. The number of hydrogen-bond acceptors (Lipinski definition) is 3. The molecular weight excluding hydrogens is 414 g/mol. The van der Waals surface area contributed by atoms with Gasteiger partial charge in [-0.1, -0.05) is 30.3 Å². The van der Waals surface area contributed by atoms with Crippen LogP contribution in [-0.4, -0.2) is 29.9 Å². The predicted octanol–water partition coefficient (Wildman–Crippen LogP) is 3.99. The van der Waals surface area contributed by atoms with Gasteiger partial charge in [0.05, 0.1) is 19.4 Å². The van der Waals surface area contributed by atoms with Gasteiger partial charge in [0.2, 0.25) is 0 Å². The van der Waals surface area contributed by atoms with Crippen LogP contribution in [0.4, 0.5) is 0 Å². The lowest BCUT2D eigenvalue weighted by atomic mass is 10.1. The number of fused-ring (bicyclic) bond motifs is 1. The summed E-state index contributed by atoms with van der Waals surface area (Å²) in [5.74, 6) is 1.34. The molecule has 0 atom stereocenters. The highest BCUT2D eigenvalue weighted by Gasteiger charge is 2.08. The molecule has 4 N–H and O–H groups in total. The van der Waals surface area contributed by atoms with Gasteiger partial charge in [-0.25, -0.2) is 4.99 Å². The molecule has 0 aliphatic carbocycles. The molecular formula is C26H29N5O2. The maximum atomic E-state index is 12.5. The number of aromatic nitrogens is 1. The number of nitrogens with one attached hydrogen (secondary N) is 4. The Balaban J connectivity index is 1.33. The van der Waals surface area contributed by atoms with E-state index < -0.39 is 0 Å². The zero-order chi connectivity index (χ0) is 22.9. The van der Waals surface area contributed by atoms with Gasteiger partial charge in [-0.3, -0.25) is 4.79 Å². The molecule has 0 unspecified atom stereocenters. The number of hydrogen-bond donors (Lipinski definition) is 4. The molecule has 4 rings (SSSR count). The number of rotatable bonds is 9. The highest BCUT2D eigenvalue weighted by molar-refractivity contribution is 5.94. The van der Waals surface area contributed by atoms with Gasteiger partial charge in [-0.05, 0) is 54.8 Å². The van der Waals surface area contributed by atoms with Crippen molar-refractivity contribution in [3.05, 3.63) is 95.6 Å². The number of nitrogens with zero attached hydrogens (tertiary/aromatic N) is 1. The van der Waals surface area contributed by atoms with E-state index in [0.29, 0.717) is 18.7 Å². The summed E-state index contributed by atoms with van der Waals surface area (Å²) in [6.07, 6.45) is 4.55. The van der Waals surface area contributed by atoms with E-state index in [0.717, 1.165) is 42.3 Å². The lowest BCUT2D eigenvalue weighted by Crippen LogP contribution is -2.38. The van der Waals surface area contributed by atoms with Gasteiger partial charge in [-0.15, -0.1) is 0 Å². The summed E-state index contributed by atoms with van der Waals surface area (Å²) in [4.78, 5) is 20.5. The van der Waals surface area contributed by atoms with E-state index in [1.807, 2.05) is 37.3 Å². The van der Waals surface area contributed by atoms with Crippen molar-refractivity contribution in [1.29, 1.82) is 0 Å². The molecule has 0 saturated carbocycles. The summed E-state index contributed by atoms with van der Waals surface area (Å²) >= 11 is 0. The lowest BCUT2D eigenvalue weighted by molar-refractivity contribution is 0.0948. The highest BCUT2D eigenvalue weighted by Crippen LogP contribution is 2.17. The van der Waals surface area contributed by atoms with Crippen molar-refractivity contribution >= 4 is 22.8 Å². The summed E-state index contributed by atoms with van der Waals surface area (Å²) in [5, 5.41) is 10.8. The predicted molar refractivity (Wildman–Crippen MR) is 131 cm³/mol. The molecule has 2 aromatic heterocycles. The fourth-order valence-corrected chi connectivity index (χ4v) is 3.66. The average molecular weight is 444 g/mol. The number of carbonyl (C=O) groups is 1. The third-order valence-electron chi connectivity index (χ3n) is 5.32. The third kappa shape index (κ3) is 6.04. The van der Waals surface area contributed by atoms with Crippen LogP contribution in [0.3, 0.4) is 0 Å². The minimum absolute atomic E-state index is 0.138. The van der Waals surface area contributed by atoms with Gasteiger partial charge in [0.25, 0.3) is 5.91 Å². The van der Waals surface area contributed by atoms with Crippen LogP contribution in [0.25, 0.3) is 10.9 Å². The molecule has 4 aromatic rings. The van der Waals surface area contributed by atoms with Crippen LogP contribution in [-0.2, 0) is 19.5 Å². The Morgan fingerprint density at radius 1 is 1.03 bits per heavy atom. The maximum Gasteiger partial charge on any atom is 0.251 e. The Kier molecular flexibility index (Phi) is 7.43. The second kappa shape index (κ2) is 11.0. The van der Waals surface area contributed by atoms with Crippen molar-refractivity contribution in [2.45, 2.75) is 26.4 Å². The Morgan fingerprint density at radius 3 is 2.79 bits per heavy atom. The molecule has 0 aliphatic rings. The quantitative estimate of drug-likeness (QED) is 0.232. The van der Waals surface area contributed by atoms with Gasteiger partial charge in [0, 0.05) is 35.8 Å². The standard InChI is InChI=1S/C26H29N5O2/c1-2-27-26(28-13-12-21-17-29-24-11-4-3-10-23(21)24)31-16-19-7-5-8-20(15-19)25(32)30-18-22-9-6-14-33-22/h3-11,14-15,17,29H,2,12-13,16,18H2,1H3,(H,30,32)(H2,27,28,31). The van der Waals surface area contributed by atoms with Crippen molar-refractivity contribution in [2.75, 3.05) is 13.1 Å². The minimum Gasteiger partial charge on any atom is -0.467 e. The SMILES string of the molecule is CCNC(=NCc1cccc(C(=O)NCc2ccco2)c1)NCCc1c[nH]c2ccccc12. The number of aliphatic imine (C=N–C) groups is 1. The van der Waals surface area contributed by atoms with Gasteiger partial charge in [0.15, 0.2) is 5.96 Å². The number of furan rings is 1. The first-order valence-electron chi connectivity index (χ1n) is 11.2. The first-order chi connectivity index (χ1) is 16.2. The van der Waals surface area contributed by atoms with Crippen LogP contribution in [0, 0.1) is 0 Å². The number of para-hydroxylation sites is 1. The van der Waals surface area contributed by atoms with Crippen LogP contribution in [0.2, 0.25) is 0 Å². The molecule has 2 aromatic carbocycles. The Hall–Kier alpha value is -4.00. The fourth-order valence-electron chi connectivity index (χ4n) is 3.66. The number of carbonyl (C=O) groups excluding carboxylic acids is 1. The van der Waals surface area contributed by atoms with E-state index in [9.17, 15) is 4.79 Å². The van der Waals surface area contributed by atoms with E-state index >= 15 is 0 Å². The Bertz CT molecular complexity index is 1210. The molecule has 0 radical (unpaired) electrons. The molecule has 7 nitrogen and oxygen atoms in total. The molecule has 0 saturated heterocycles. The van der Waals surface area contributed by atoms with Crippen LogP contribution in [0.1, 0.15) is 34.2 Å². The molecule has 0 fully saturated rings. The van der Waals surface area contributed by atoms with Crippen molar-refractivity contribution in [3.8, 4) is 0 Å². The fraction of sp³-hybridized carbons (Fsp3) is 0.231. The van der Waals surface area contributed by atoms with Gasteiger partial charge in [0.1, 0.15) is 5.76 Å². The molecule has 0 spiro atoms. The summed E-state index contributed by atoms with van der Waals surface area (Å²) in [7, 11) is 0. The van der Waals surface area contributed by atoms with E-state index in [1.165, 1.54) is 10.9 Å². The largest absolute Gasteiger partial charge is 0.467 e. The first kappa shape index (κ1) is 22.2. The summed E-state index contributed by atoms with van der Waals surface area (Å²) in [6, 6.07) is 19.5. The second-order valence-corrected chi connectivity index (χ2v) is 7.69. The molecule has 0 bridgehead atoms. The van der Waals surface area contributed by atoms with Crippen molar-refractivity contribution in [3.63, 3.8) is 0 Å². The summed E-state index contributed by atoms with van der Waals surface area (Å²) in [6.45, 7) is 4.42. The van der Waals surface area contributed by atoms with Crippen molar-refractivity contribution in [1.82, 2.24) is 20.9 Å². The smallest absolute Gasteiger partial charge is 0.251 e. The number of H-pyrrole nitrogens is 1. The number of guanidine groups is 1. The van der Waals surface area contributed by atoms with E-state index in [-0.39, 0.29) is 5.91 Å². The Morgan fingerprint density at radius 2 is 1.94 bits per heavy atom. The number of benzene rings is 2. The second-order valence-electron chi connectivity index (χ2n) is 7.69. The zero-order valence-electron chi connectivity index (χ0n) is 18.7. The van der Waals surface area contributed by atoms with E-state index in [2.05, 4.69) is 45.3 Å². The van der Waals surface area contributed by atoms with Crippen molar-refractivity contribution in [2.24, 2.45) is 4.99 Å². The number of amides is 1.